The Balaban J connectivity index is 1.91. The minimum Gasteiger partial charge on any atom is -0.301 e. The second-order valence-corrected chi connectivity index (χ2v) is 10.0. The summed E-state index contributed by atoms with van der Waals surface area (Å²) in [6, 6.07) is 44.3. The van der Waals surface area contributed by atoms with Gasteiger partial charge in [-0.2, -0.15) is 0 Å². The highest BCUT2D eigenvalue weighted by molar-refractivity contribution is 5.32. The molecule has 3 heteroatoms. The van der Waals surface area contributed by atoms with Gasteiger partial charge in [-0.05, 0) is 57.5 Å². The molecule has 4 aromatic rings. The quantitative estimate of drug-likeness (QED) is 0.243. The highest BCUT2D eigenvalue weighted by Gasteiger charge is 2.38. The first-order valence-corrected chi connectivity index (χ1v) is 12.7. The molecule has 0 spiro atoms. The van der Waals surface area contributed by atoms with Gasteiger partial charge in [-0.15, -0.1) is 0 Å². The highest BCUT2D eigenvalue weighted by Crippen LogP contribution is 2.45. The topological polar surface area (TPSA) is 9.72 Å². The zero-order valence-corrected chi connectivity index (χ0v) is 22.2. The molecule has 4 unspecified atom stereocenters. The second-order valence-electron chi connectivity index (χ2n) is 10.0. The zero-order valence-electron chi connectivity index (χ0n) is 22.2. The van der Waals surface area contributed by atoms with Crippen LogP contribution in [0.3, 0.4) is 0 Å². The predicted octanol–water partition coefficient (Wildman–Crippen LogP) is 7.01. The van der Waals surface area contributed by atoms with Crippen LogP contribution in [-0.2, 0) is 0 Å². The summed E-state index contributed by atoms with van der Waals surface area (Å²) in [7, 11) is 11.1. The van der Waals surface area contributed by atoms with Gasteiger partial charge in [0.25, 0.3) is 0 Å². The van der Waals surface area contributed by atoms with Gasteiger partial charge in [-0.25, -0.2) is 0 Å². The fourth-order valence-electron chi connectivity index (χ4n) is 5.58. The normalized spacial score (nSPS) is 15.1. The molecule has 4 aromatic carbocycles. The Morgan fingerprint density at radius 1 is 0.333 bits per heavy atom. The van der Waals surface area contributed by atoms with Gasteiger partial charge < -0.3 is 9.80 Å². The van der Waals surface area contributed by atoms with Crippen LogP contribution in [0.15, 0.2) is 121 Å². The Morgan fingerprint density at radius 2 is 0.556 bits per heavy atom. The van der Waals surface area contributed by atoms with Crippen molar-refractivity contribution >= 4 is 0 Å². The Hall–Kier alpha value is -3.24. The summed E-state index contributed by atoms with van der Waals surface area (Å²) in [5.74, 6) is 0. The summed E-state index contributed by atoms with van der Waals surface area (Å²) in [5, 5.41) is 0. The van der Waals surface area contributed by atoms with Gasteiger partial charge in [0.15, 0.2) is 0 Å². The molecule has 0 N–H and O–H groups in total. The number of benzene rings is 4. The maximum absolute atomic E-state index is 2.60. The van der Waals surface area contributed by atoms with Crippen LogP contribution in [0.2, 0.25) is 0 Å². The molecule has 0 radical (unpaired) electrons. The average molecular weight is 478 g/mol. The van der Waals surface area contributed by atoms with E-state index in [-0.39, 0.29) is 24.2 Å². The Bertz CT molecular complexity index is 1070. The van der Waals surface area contributed by atoms with Crippen molar-refractivity contribution < 1.29 is 0 Å². The Labute approximate surface area is 217 Å². The predicted molar refractivity (Wildman–Crippen MR) is 152 cm³/mol. The van der Waals surface area contributed by atoms with Gasteiger partial charge >= 0.3 is 0 Å². The van der Waals surface area contributed by atoms with Crippen LogP contribution in [0.5, 0.6) is 0 Å². The summed E-state index contributed by atoms with van der Waals surface area (Å²) < 4.78 is 0. The van der Waals surface area contributed by atoms with Crippen LogP contribution in [0.4, 0.5) is 0 Å². The smallest absolute Gasteiger partial charge is 0.0548 e. The van der Waals surface area contributed by atoms with E-state index in [9.17, 15) is 0 Å². The molecule has 0 aliphatic rings. The molecule has 0 aliphatic heterocycles. The molecule has 0 fully saturated rings. The van der Waals surface area contributed by atoms with Crippen LogP contribution < -0.4 is 0 Å². The average Bonchev–Trinajstić information content (AvgIpc) is 2.91. The van der Waals surface area contributed by atoms with Crippen molar-refractivity contribution in [2.75, 3.05) is 35.2 Å². The standard InChI is InChI=1S/C33H39N3/c1-34(2)30(26-18-10-6-11-19-26)32(28-22-14-8-15-23-28)36(5)33(29-24-16-9-17-25-29)31(35(3)4)27-20-12-7-13-21-27/h6-25,30-33H,1-5H3. The van der Waals surface area contributed by atoms with E-state index in [1.165, 1.54) is 22.3 Å². The lowest BCUT2D eigenvalue weighted by Crippen LogP contribution is -2.42. The third-order valence-electron chi connectivity index (χ3n) is 7.15. The lowest BCUT2D eigenvalue weighted by atomic mass is 9.86. The Kier molecular flexibility index (Phi) is 8.71. The van der Waals surface area contributed by atoms with Crippen molar-refractivity contribution in [2.24, 2.45) is 0 Å². The van der Waals surface area contributed by atoms with E-state index in [4.69, 9.17) is 0 Å². The minimum absolute atomic E-state index is 0.125. The molecule has 3 nitrogen and oxygen atoms in total. The van der Waals surface area contributed by atoms with E-state index in [0.717, 1.165) is 0 Å². The fraction of sp³-hybridized carbons (Fsp3) is 0.273. The second kappa shape index (κ2) is 12.1. The number of rotatable bonds is 10. The minimum atomic E-state index is 0.125. The molecule has 36 heavy (non-hydrogen) atoms. The van der Waals surface area contributed by atoms with Crippen LogP contribution in [0, 0.1) is 0 Å². The van der Waals surface area contributed by atoms with E-state index in [0.29, 0.717) is 0 Å². The third-order valence-corrected chi connectivity index (χ3v) is 7.15. The molecule has 186 valence electrons. The summed E-state index contributed by atoms with van der Waals surface area (Å²) in [5.41, 5.74) is 5.26. The molecule has 0 aliphatic carbocycles. The SMILES string of the molecule is CN(C)C(c1ccccc1)C(c1ccccc1)N(C)C(c1ccccc1)C(c1ccccc1)N(C)C. The summed E-state index contributed by atoms with van der Waals surface area (Å²) >= 11 is 0. The van der Waals surface area contributed by atoms with Crippen LogP contribution in [-0.4, -0.2) is 49.9 Å². The number of likely N-dealkylation sites (N-methyl/N-ethyl adjacent to an activating group) is 3. The van der Waals surface area contributed by atoms with E-state index in [1.54, 1.807) is 0 Å². The van der Waals surface area contributed by atoms with Gasteiger partial charge in [0.05, 0.1) is 24.2 Å². The van der Waals surface area contributed by atoms with E-state index in [1.807, 2.05) is 0 Å². The summed E-state index contributed by atoms with van der Waals surface area (Å²) in [6.07, 6.45) is 0. The molecule has 0 bridgehead atoms. The first kappa shape index (κ1) is 25.8. The fourth-order valence-corrected chi connectivity index (χ4v) is 5.58. The largest absolute Gasteiger partial charge is 0.301 e. The molecule has 0 heterocycles. The Morgan fingerprint density at radius 3 is 0.778 bits per heavy atom. The molecular weight excluding hydrogens is 438 g/mol. The van der Waals surface area contributed by atoms with Crippen molar-refractivity contribution in [3.05, 3.63) is 144 Å². The van der Waals surface area contributed by atoms with Crippen molar-refractivity contribution in [3.8, 4) is 0 Å². The summed E-state index contributed by atoms with van der Waals surface area (Å²) in [6.45, 7) is 0. The van der Waals surface area contributed by atoms with Gasteiger partial charge in [0.1, 0.15) is 0 Å². The maximum atomic E-state index is 2.60. The summed E-state index contributed by atoms with van der Waals surface area (Å²) in [4.78, 5) is 7.32. The van der Waals surface area contributed by atoms with Crippen molar-refractivity contribution in [1.82, 2.24) is 14.7 Å². The monoisotopic (exact) mass is 477 g/mol. The van der Waals surface area contributed by atoms with Crippen LogP contribution >= 0.6 is 0 Å². The van der Waals surface area contributed by atoms with Gasteiger partial charge in [-0.3, -0.25) is 4.90 Å². The lowest BCUT2D eigenvalue weighted by Gasteiger charge is -2.46. The molecule has 0 saturated carbocycles. The van der Waals surface area contributed by atoms with Crippen LogP contribution in [0.25, 0.3) is 0 Å². The number of nitrogens with zero attached hydrogens (tertiary/aromatic N) is 3. The molecule has 0 aromatic heterocycles. The van der Waals surface area contributed by atoms with Gasteiger partial charge in [0.2, 0.25) is 0 Å². The van der Waals surface area contributed by atoms with Crippen LogP contribution in [0.1, 0.15) is 46.4 Å². The van der Waals surface area contributed by atoms with Crippen molar-refractivity contribution in [3.63, 3.8) is 0 Å². The van der Waals surface area contributed by atoms with E-state index >= 15 is 0 Å². The lowest BCUT2D eigenvalue weighted by molar-refractivity contribution is 0.0488. The molecule has 4 rings (SSSR count). The number of hydrogen-bond donors (Lipinski definition) is 0. The van der Waals surface area contributed by atoms with Gasteiger partial charge in [-0.1, -0.05) is 121 Å². The molecule has 0 saturated heterocycles. The maximum Gasteiger partial charge on any atom is 0.0548 e. The molecule has 4 atom stereocenters. The first-order valence-electron chi connectivity index (χ1n) is 12.7. The molecule has 0 amide bonds. The molecular formula is C33H39N3. The van der Waals surface area contributed by atoms with E-state index < -0.39 is 0 Å². The van der Waals surface area contributed by atoms with E-state index in [2.05, 4.69) is 171 Å². The first-order chi connectivity index (χ1) is 17.5. The third kappa shape index (κ3) is 5.76. The number of hydrogen-bond acceptors (Lipinski definition) is 3. The van der Waals surface area contributed by atoms with Crippen molar-refractivity contribution in [1.29, 1.82) is 0 Å². The zero-order chi connectivity index (χ0) is 25.5. The highest BCUT2D eigenvalue weighted by atomic mass is 15.3. The van der Waals surface area contributed by atoms with Crippen molar-refractivity contribution in [2.45, 2.75) is 24.2 Å². The van der Waals surface area contributed by atoms with Gasteiger partial charge in [0, 0.05) is 0 Å².